The summed E-state index contributed by atoms with van der Waals surface area (Å²) in [5.41, 5.74) is 5.68. The van der Waals surface area contributed by atoms with E-state index >= 15 is 0 Å². The monoisotopic (exact) mass is 300 g/mol. The fraction of sp³-hybridized carbons (Fsp3) is 0.909. The summed E-state index contributed by atoms with van der Waals surface area (Å²) >= 11 is 0. The Labute approximate surface area is 116 Å². The lowest BCUT2D eigenvalue weighted by atomic mass is 9.94. The van der Waals surface area contributed by atoms with E-state index in [4.69, 9.17) is 5.73 Å². The Morgan fingerprint density at radius 3 is 2.17 bits per heavy atom. The molecule has 0 aromatic carbocycles. The van der Waals surface area contributed by atoms with E-state index in [1.54, 1.807) is 0 Å². The maximum absolute atomic E-state index is 11.4. The summed E-state index contributed by atoms with van der Waals surface area (Å²) in [6.45, 7) is 4.41. The molecule has 5 nitrogen and oxygen atoms in total. The van der Waals surface area contributed by atoms with Crippen LogP contribution < -0.4 is 11.1 Å². The highest BCUT2D eigenvalue weighted by Crippen LogP contribution is 2.09. The van der Waals surface area contributed by atoms with Gasteiger partial charge < -0.3 is 11.1 Å². The molecular weight excluding hydrogens is 276 g/mol. The van der Waals surface area contributed by atoms with Gasteiger partial charge in [-0.15, -0.1) is 12.4 Å². The molecule has 0 heterocycles. The van der Waals surface area contributed by atoms with Crippen LogP contribution in [0.25, 0.3) is 0 Å². The predicted octanol–water partition coefficient (Wildman–Crippen LogP) is 0.867. The summed E-state index contributed by atoms with van der Waals surface area (Å²) in [4.78, 5) is 11.4. The third-order valence-electron chi connectivity index (χ3n) is 2.96. The van der Waals surface area contributed by atoms with E-state index in [0.29, 0.717) is 13.0 Å². The highest BCUT2D eigenvalue weighted by molar-refractivity contribution is 7.90. The largest absolute Gasteiger partial charge is 0.354 e. The van der Waals surface area contributed by atoms with Gasteiger partial charge in [-0.1, -0.05) is 13.8 Å². The molecule has 7 heteroatoms. The molecule has 0 fully saturated rings. The number of nitrogens with one attached hydrogen (secondary N) is 1. The fourth-order valence-corrected chi connectivity index (χ4v) is 2.03. The van der Waals surface area contributed by atoms with Crippen molar-refractivity contribution in [1.82, 2.24) is 5.32 Å². The van der Waals surface area contributed by atoms with Crippen molar-refractivity contribution in [1.29, 1.82) is 0 Å². The van der Waals surface area contributed by atoms with E-state index in [9.17, 15) is 13.2 Å². The van der Waals surface area contributed by atoms with Crippen LogP contribution in [0.5, 0.6) is 0 Å². The Hall–Kier alpha value is -0.330. The molecular formula is C11H25ClN2O3S. The first kappa shape index (κ1) is 20.0. The third kappa shape index (κ3) is 9.67. The summed E-state index contributed by atoms with van der Waals surface area (Å²) in [6, 6.07) is 0. The molecule has 18 heavy (non-hydrogen) atoms. The average Bonchev–Trinajstić information content (AvgIpc) is 2.24. The van der Waals surface area contributed by atoms with Gasteiger partial charge in [0.15, 0.2) is 0 Å². The Kier molecular flexibility index (Phi) is 9.68. The standard InChI is InChI=1S/C11H24N2O3S.ClH/c1-4-11(12,5-2)9-13-10(14)7-6-8-17(3,15)16;/h4-9,12H2,1-3H3,(H,13,14);1H. The third-order valence-corrected chi connectivity index (χ3v) is 4.00. The molecule has 0 saturated heterocycles. The Balaban J connectivity index is 0. The van der Waals surface area contributed by atoms with Crippen molar-refractivity contribution in [2.45, 2.75) is 45.1 Å². The van der Waals surface area contributed by atoms with Crippen LogP contribution in [0.1, 0.15) is 39.5 Å². The van der Waals surface area contributed by atoms with Crippen LogP contribution in [0.15, 0.2) is 0 Å². The Bertz CT molecular complexity index is 340. The molecule has 0 unspecified atom stereocenters. The van der Waals surface area contributed by atoms with Gasteiger partial charge in [0.1, 0.15) is 9.84 Å². The van der Waals surface area contributed by atoms with Gasteiger partial charge in [-0.25, -0.2) is 8.42 Å². The van der Waals surface area contributed by atoms with Crippen molar-refractivity contribution >= 4 is 28.2 Å². The molecule has 3 N–H and O–H groups in total. The van der Waals surface area contributed by atoms with Crippen molar-refractivity contribution in [3.63, 3.8) is 0 Å². The van der Waals surface area contributed by atoms with Crippen molar-refractivity contribution in [2.24, 2.45) is 5.73 Å². The van der Waals surface area contributed by atoms with Gasteiger partial charge in [0.2, 0.25) is 5.91 Å². The normalized spacial score (nSPS) is 11.8. The average molecular weight is 301 g/mol. The lowest BCUT2D eigenvalue weighted by Crippen LogP contribution is -2.49. The maximum atomic E-state index is 11.4. The molecule has 0 radical (unpaired) electrons. The Morgan fingerprint density at radius 1 is 1.28 bits per heavy atom. The van der Waals surface area contributed by atoms with E-state index in [1.807, 2.05) is 13.8 Å². The van der Waals surface area contributed by atoms with Gasteiger partial charge in [0, 0.05) is 24.8 Å². The smallest absolute Gasteiger partial charge is 0.220 e. The first-order chi connectivity index (χ1) is 7.72. The van der Waals surface area contributed by atoms with Gasteiger partial charge >= 0.3 is 0 Å². The Morgan fingerprint density at radius 2 is 1.78 bits per heavy atom. The van der Waals surface area contributed by atoms with Crippen molar-refractivity contribution < 1.29 is 13.2 Å². The second-order valence-electron chi connectivity index (χ2n) is 4.58. The summed E-state index contributed by atoms with van der Waals surface area (Å²) in [7, 11) is -2.98. The zero-order chi connectivity index (χ0) is 13.5. The molecule has 0 aromatic rings. The second-order valence-corrected chi connectivity index (χ2v) is 6.84. The summed E-state index contributed by atoms with van der Waals surface area (Å²) in [6.07, 6.45) is 3.36. The van der Waals surface area contributed by atoms with Crippen LogP contribution in [0.3, 0.4) is 0 Å². The number of hydrogen-bond acceptors (Lipinski definition) is 4. The molecule has 0 aliphatic heterocycles. The predicted molar refractivity (Wildman–Crippen MR) is 76.7 cm³/mol. The van der Waals surface area contributed by atoms with Crippen LogP contribution in [-0.2, 0) is 14.6 Å². The number of nitrogens with two attached hydrogens (primary N) is 1. The molecule has 0 atom stereocenters. The van der Waals surface area contributed by atoms with E-state index < -0.39 is 9.84 Å². The van der Waals surface area contributed by atoms with Gasteiger partial charge in [-0.2, -0.15) is 0 Å². The van der Waals surface area contributed by atoms with Crippen molar-refractivity contribution in [3.05, 3.63) is 0 Å². The minimum Gasteiger partial charge on any atom is -0.354 e. The highest BCUT2D eigenvalue weighted by Gasteiger charge is 2.20. The first-order valence-electron chi connectivity index (χ1n) is 5.96. The lowest BCUT2D eigenvalue weighted by molar-refractivity contribution is -0.121. The summed E-state index contributed by atoms with van der Waals surface area (Å²) in [5.74, 6) is -0.0826. The SMILES string of the molecule is CCC(N)(CC)CNC(=O)CCCS(C)(=O)=O.Cl. The molecule has 110 valence electrons. The maximum Gasteiger partial charge on any atom is 0.220 e. The minimum atomic E-state index is -2.98. The van der Waals surface area contributed by atoms with Crippen molar-refractivity contribution in [3.8, 4) is 0 Å². The number of rotatable bonds is 8. The lowest BCUT2D eigenvalue weighted by Gasteiger charge is -2.26. The van der Waals surface area contributed by atoms with E-state index in [0.717, 1.165) is 12.8 Å². The molecule has 0 aromatic heterocycles. The van der Waals surface area contributed by atoms with E-state index in [-0.39, 0.29) is 36.0 Å². The van der Waals surface area contributed by atoms with Gasteiger partial charge in [0.25, 0.3) is 0 Å². The summed E-state index contributed by atoms with van der Waals surface area (Å²) < 4.78 is 21.7. The number of halogens is 1. The zero-order valence-electron chi connectivity index (χ0n) is 11.4. The summed E-state index contributed by atoms with van der Waals surface area (Å²) in [5, 5.41) is 2.75. The number of amides is 1. The number of carbonyl (C=O) groups excluding carboxylic acids is 1. The molecule has 0 bridgehead atoms. The minimum absolute atomic E-state index is 0. The fourth-order valence-electron chi connectivity index (χ4n) is 1.36. The van der Waals surface area contributed by atoms with Gasteiger partial charge in [-0.3, -0.25) is 4.79 Å². The molecule has 0 spiro atoms. The van der Waals surface area contributed by atoms with Gasteiger partial charge in [0.05, 0.1) is 5.75 Å². The van der Waals surface area contributed by atoms with E-state index in [1.165, 1.54) is 6.26 Å². The van der Waals surface area contributed by atoms with Crippen LogP contribution in [0.2, 0.25) is 0 Å². The van der Waals surface area contributed by atoms with Crippen LogP contribution in [-0.4, -0.2) is 38.4 Å². The molecule has 0 aliphatic carbocycles. The number of carbonyl (C=O) groups is 1. The highest BCUT2D eigenvalue weighted by atomic mass is 35.5. The number of hydrogen-bond donors (Lipinski definition) is 2. The van der Waals surface area contributed by atoms with E-state index in [2.05, 4.69) is 5.32 Å². The van der Waals surface area contributed by atoms with Crippen LogP contribution >= 0.6 is 12.4 Å². The topological polar surface area (TPSA) is 89.3 Å². The van der Waals surface area contributed by atoms with Crippen molar-refractivity contribution in [2.75, 3.05) is 18.6 Å². The zero-order valence-corrected chi connectivity index (χ0v) is 13.0. The molecule has 0 saturated carbocycles. The van der Waals surface area contributed by atoms with Crippen LogP contribution in [0, 0.1) is 0 Å². The molecule has 1 amide bonds. The second kappa shape index (κ2) is 8.72. The molecule has 0 rings (SSSR count). The molecule has 0 aliphatic rings. The quantitative estimate of drug-likeness (QED) is 0.696. The van der Waals surface area contributed by atoms with Crippen LogP contribution in [0.4, 0.5) is 0 Å². The first-order valence-corrected chi connectivity index (χ1v) is 8.02. The van der Waals surface area contributed by atoms with Gasteiger partial charge in [-0.05, 0) is 19.3 Å². The number of sulfone groups is 1.